The maximum Gasteiger partial charge on any atom is 0.122 e. The van der Waals surface area contributed by atoms with Gasteiger partial charge >= 0.3 is 0 Å². The van der Waals surface area contributed by atoms with Gasteiger partial charge in [0, 0.05) is 0 Å². The van der Waals surface area contributed by atoms with Crippen LogP contribution >= 0.6 is 0 Å². The van der Waals surface area contributed by atoms with Crippen molar-refractivity contribution in [2.24, 2.45) is 0 Å². The molecule has 2 aromatic rings. The zero-order valence-electron chi connectivity index (χ0n) is 15.0. The molecule has 0 saturated carbocycles. The van der Waals surface area contributed by atoms with E-state index in [0.717, 1.165) is 24.3 Å². The molecule has 0 fully saturated rings. The van der Waals surface area contributed by atoms with Crippen LogP contribution in [0.3, 0.4) is 0 Å². The summed E-state index contributed by atoms with van der Waals surface area (Å²) in [6.07, 6.45) is 9.99. The number of hydrogen-bond donors (Lipinski definition) is 0. The van der Waals surface area contributed by atoms with Crippen LogP contribution in [0, 0.1) is 0 Å². The second-order valence-electron chi connectivity index (χ2n) is 5.51. The summed E-state index contributed by atoms with van der Waals surface area (Å²) >= 11 is 0. The number of allylic oxidation sites excluding steroid dienone is 2. The van der Waals surface area contributed by atoms with E-state index in [2.05, 4.69) is 24.3 Å². The van der Waals surface area contributed by atoms with E-state index < -0.39 is 0 Å². The molecule has 3 nitrogen and oxygen atoms in total. The fourth-order valence-corrected chi connectivity index (χ4v) is 2.50. The number of methoxy groups -OCH3 is 2. The molecule has 0 heterocycles. The highest BCUT2D eigenvalue weighted by atomic mass is 16.5. The van der Waals surface area contributed by atoms with Crippen LogP contribution in [0.1, 0.15) is 11.1 Å². The van der Waals surface area contributed by atoms with E-state index >= 15 is 0 Å². The average molecular weight is 338 g/mol. The minimum atomic E-state index is 0.605. The van der Waals surface area contributed by atoms with Crippen molar-refractivity contribution >= 4 is 0 Å². The third kappa shape index (κ3) is 6.48. The summed E-state index contributed by atoms with van der Waals surface area (Å²) in [5.74, 6) is 1.85. The minimum Gasteiger partial charge on any atom is -0.496 e. The Morgan fingerprint density at radius 3 is 1.52 bits per heavy atom. The van der Waals surface area contributed by atoms with Crippen molar-refractivity contribution < 1.29 is 14.2 Å². The molecule has 0 radical (unpaired) electrons. The van der Waals surface area contributed by atoms with Crippen LogP contribution in [0.15, 0.2) is 72.8 Å². The molecule has 132 valence electrons. The number of para-hydroxylation sites is 2. The lowest BCUT2D eigenvalue weighted by atomic mass is 10.1. The Labute approximate surface area is 150 Å². The standard InChI is InChI=1S/C22H26O3/c1-23-21-15-5-3-11-19(21)13-7-9-17-25-18-10-8-14-20-12-4-6-16-22(20)24-2/h3-12,15-16H,13-14,17-18H2,1-2H3. The van der Waals surface area contributed by atoms with E-state index in [4.69, 9.17) is 14.2 Å². The van der Waals surface area contributed by atoms with Gasteiger partial charge in [0.2, 0.25) is 0 Å². The quantitative estimate of drug-likeness (QED) is 0.467. The zero-order valence-corrected chi connectivity index (χ0v) is 15.0. The first-order valence-corrected chi connectivity index (χ1v) is 8.46. The van der Waals surface area contributed by atoms with E-state index in [-0.39, 0.29) is 0 Å². The number of hydrogen-bond acceptors (Lipinski definition) is 3. The molecular formula is C22H26O3. The van der Waals surface area contributed by atoms with Gasteiger partial charge in [-0.3, -0.25) is 0 Å². The maximum absolute atomic E-state index is 5.59. The van der Waals surface area contributed by atoms with Crippen molar-refractivity contribution in [2.75, 3.05) is 27.4 Å². The molecule has 0 aliphatic heterocycles. The average Bonchev–Trinajstić information content (AvgIpc) is 2.67. The first-order chi connectivity index (χ1) is 12.3. The van der Waals surface area contributed by atoms with Crippen molar-refractivity contribution in [1.82, 2.24) is 0 Å². The molecule has 0 bridgehead atoms. The molecular weight excluding hydrogens is 312 g/mol. The van der Waals surface area contributed by atoms with Gasteiger partial charge in [0.1, 0.15) is 11.5 Å². The molecule has 0 amide bonds. The number of ether oxygens (including phenoxy) is 3. The third-order valence-corrected chi connectivity index (χ3v) is 3.82. The predicted octanol–water partition coefficient (Wildman–Crippen LogP) is 4.62. The van der Waals surface area contributed by atoms with E-state index in [1.807, 2.05) is 48.6 Å². The summed E-state index contributed by atoms with van der Waals surface area (Å²) < 4.78 is 16.3. The third-order valence-electron chi connectivity index (χ3n) is 3.82. The van der Waals surface area contributed by atoms with Gasteiger partial charge in [-0.15, -0.1) is 0 Å². The lowest BCUT2D eigenvalue weighted by Gasteiger charge is -2.05. The van der Waals surface area contributed by atoms with Gasteiger partial charge in [0.05, 0.1) is 27.4 Å². The van der Waals surface area contributed by atoms with Gasteiger partial charge in [-0.1, -0.05) is 60.7 Å². The molecule has 2 aromatic carbocycles. The minimum absolute atomic E-state index is 0.605. The van der Waals surface area contributed by atoms with E-state index in [1.54, 1.807) is 14.2 Å². The topological polar surface area (TPSA) is 27.7 Å². The van der Waals surface area contributed by atoms with Crippen molar-refractivity contribution in [1.29, 1.82) is 0 Å². The normalized spacial score (nSPS) is 11.3. The smallest absolute Gasteiger partial charge is 0.122 e. The van der Waals surface area contributed by atoms with E-state index in [1.165, 1.54) is 11.1 Å². The molecule has 0 unspecified atom stereocenters. The van der Waals surface area contributed by atoms with Crippen LogP contribution in [0.5, 0.6) is 11.5 Å². The molecule has 2 rings (SSSR count). The van der Waals surface area contributed by atoms with Crippen LogP contribution in [0.25, 0.3) is 0 Å². The van der Waals surface area contributed by atoms with Gasteiger partial charge in [-0.25, -0.2) is 0 Å². The summed E-state index contributed by atoms with van der Waals surface area (Å²) in [6.45, 7) is 1.21. The SMILES string of the molecule is COc1ccccc1CC=CCOCC=CCc1ccccc1OC. The summed E-state index contributed by atoms with van der Waals surface area (Å²) in [4.78, 5) is 0. The van der Waals surface area contributed by atoms with Crippen molar-refractivity contribution in [2.45, 2.75) is 12.8 Å². The largest absolute Gasteiger partial charge is 0.496 e. The highest BCUT2D eigenvalue weighted by molar-refractivity contribution is 5.35. The highest BCUT2D eigenvalue weighted by Gasteiger charge is 1.98. The molecule has 0 aliphatic carbocycles. The Balaban J connectivity index is 1.64. The lowest BCUT2D eigenvalue weighted by molar-refractivity contribution is 0.193. The second kappa shape index (κ2) is 11.1. The van der Waals surface area contributed by atoms with Crippen molar-refractivity contribution in [3.63, 3.8) is 0 Å². The summed E-state index contributed by atoms with van der Waals surface area (Å²) in [7, 11) is 3.39. The predicted molar refractivity (Wildman–Crippen MR) is 102 cm³/mol. The summed E-state index contributed by atoms with van der Waals surface area (Å²) in [6, 6.07) is 16.1. The van der Waals surface area contributed by atoms with Crippen LogP contribution < -0.4 is 9.47 Å². The van der Waals surface area contributed by atoms with Crippen LogP contribution in [-0.2, 0) is 17.6 Å². The molecule has 3 heteroatoms. The van der Waals surface area contributed by atoms with Gasteiger partial charge in [0.25, 0.3) is 0 Å². The highest BCUT2D eigenvalue weighted by Crippen LogP contribution is 2.18. The molecule has 0 aliphatic rings. The van der Waals surface area contributed by atoms with Gasteiger partial charge in [-0.2, -0.15) is 0 Å². The summed E-state index contributed by atoms with van der Waals surface area (Å²) in [5, 5.41) is 0. The molecule has 0 saturated heterocycles. The number of rotatable bonds is 10. The summed E-state index contributed by atoms with van der Waals surface area (Å²) in [5.41, 5.74) is 2.36. The fourth-order valence-electron chi connectivity index (χ4n) is 2.50. The van der Waals surface area contributed by atoms with Gasteiger partial charge < -0.3 is 14.2 Å². The first kappa shape index (κ1) is 18.8. The molecule has 0 atom stereocenters. The van der Waals surface area contributed by atoms with Crippen LogP contribution in [0.4, 0.5) is 0 Å². The Morgan fingerprint density at radius 2 is 1.08 bits per heavy atom. The van der Waals surface area contributed by atoms with Crippen LogP contribution in [0.2, 0.25) is 0 Å². The Morgan fingerprint density at radius 1 is 0.640 bits per heavy atom. The maximum atomic E-state index is 5.59. The van der Waals surface area contributed by atoms with E-state index in [9.17, 15) is 0 Å². The number of benzene rings is 2. The van der Waals surface area contributed by atoms with Crippen molar-refractivity contribution in [3.05, 3.63) is 84.0 Å². The molecule has 0 aromatic heterocycles. The van der Waals surface area contributed by atoms with Gasteiger partial charge in [-0.05, 0) is 36.1 Å². The second-order valence-corrected chi connectivity index (χ2v) is 5.51. The van der Waals surface area contributed by atoms with Crippen LogP contribution in [-0.4, -0.2) is 27.4 Å². The Hall–Kier alpha value is -2.52. The van der Waals surface area contributed by atoms with Crippen molar-refractivity contribution in [3.8, 4) is 11.5 Å². The lowest BCUT2D eigenvalue weighted by Crippen LogP contribution is -1.93. The first-order valence-electron chi connectivity index (χ1n) is 8.46. The molecule has 0 N–H and O–H groups in total. The van der Waals surface area contributed by atoms with Gasteiger partial charge in [0.15, 0.2) is 0 Å². The fraction of sp³-hybridized carbons (Fsp3) is 0.273. The Kier molecular flexibility index (Phi) is 8.36. The van der Waals surface area contributed by atoms with E-state index in [0.29, 0.717) is 13.2 Å². The zero-order chi connectivity index (χ0) is 17.7. The molecule has 25 heavy (non-hydrogen) atoms. The molecule has 0 spiro atoms. The monoisotopic (exact) mass is 338 g/mol. The Bertz CT molecular complexity index is 630.